The van der Waals surface area contributed by atoms with Crippen LogP contribution >= 0.6 is 0 Å². The van der Waals surface area contributed by atoms with Crippen LogP contribution in [0.1, 0.15) is 11.3 Å². The average Bonchev–Trinajstić information content (AvgIpc) is 3.35. The molecule has 0 atom stereocenters. The van der Waals surface area contributed by atoms with E-state index in [4.69, 9.17) is 14.2 Å². The van der Waals surface area contributed by atoms with Crippen molar-refractivity contribution in [3.05, 3.63) is 71.7 Å². The molecule has 0 bridgehead atoms. The Labute approximate surface area is 160 Å². The van der Waals surface area contributed by atoms with Crippen LogP contribution in [0.25, 0.3) is 11.8 Å². The fourth-order valence-corrected chi connectivity index (χ4v) is 2.67. The molecular formula is C20H16N4O4. The molecule has 0 radical (unpaired) electrons. The van der Waals surface area contributed by atoms with Crippen LogP contribution in [0.4, 0.5) is 0 Å². The minimum Gasteiger partial charge on any atom is -0.493 e. The number of hydrogen-bond donors (Lipinski definition) is 0. The van der Waals surface area contributed by atoms with Crippen LogP contribution in [-0.4, -0.2) is 41.1 Å². The number of benzene rings is 2. The van der Waals surface area contributed by atoms with Gasteiger partial charge >= 0.3 is 5.97 Å². The first-order valence-corrected chi connectivity index (χ1v) is 8.40. The van der Waals surface area contributed by atoms with E-state index in [9.17, 15) is 4.79 Å². The predicted octanol–water partition coefficient (Wildman–Crippen LogP) is 2.63. The molecule has 8 heteroatoms. The van der Waals surface area contributed by atoms with Gasteiger partial charge in [0.05, 0.1) is 26.1 Å². The van der Waals surface area contributed by atoms with Gasteiger partial charge in [-0.25, -0.2) is 9.79 Å². The van der Waals surface area contributed by atoms with Gasteiger partial charge in [0.1, 0.15) is 5.69 Å². The van der Waals surface area contributed by atoms with Crippen LogP contribution < -0.4 is 9.47 Å². The third-order valence-corrected chi connectivity index (χ3v) is 4.03. The molecule has 0 spiro atoms. The number of cyclic esters (lactones) is 1. The van der Waals surface area contributed by atoms with Crippen molar-refractivity contribution >= 4 is 17.9 Å². The van der Waals surface area contributed by atoms with Crippen molar-refractivity contribution in [2.75, 3.05) is 14.2 Å². The molecule has 0 unspecified atom stereocenters. The lowest BCUT2D eigenvalue weighted by atomic mass is 10.2. The van der Waals surface area contributed by atoms with Gasteiger partial charge in [0.2, 0.25) is 5.90 Å². The molecule has 1 aliphatic heterocycles. The maximum absolute atomic E-state index is 12.2. The van der Waals surface area contributed by atoms with Crippen molar-refractivity contribution in [3.63, 3.8) is 0 Å². The van der Waals surface area contributed by atoms with Crippen molar-refractivity contribution in [1.29, 1.82) is 0 Å². The van der Waals surface area contributed by atoms with Crippen LogP contribution in [0.3, 0.4) is 0 Å². The lowest BCUT2D eigenvalue weighted by molar-refractivity contribution is -0.129. The zero-order valence-electron chi connectivity index (χ0n) is 15.2. The van der Waals surface area contributed by atoms with E-state index in [1.165, 1.54) is 18.0 Å². The summed E-state index contributed by atoms with van der Waals surface area (Å²) in [7, 11) is 3.08. The standard InChI is InChI=1S/C20H16N4O4/c1-26-17-9-8-13(10-18(17)27-2)19-22-16(20(25)28-19)11-14-12-21-24(23-14)15-6-4-3-5-7-15/h3-12H,1-2H3. The van der Waals surface area contributed by atoms with Gasteiger partial charge in [-0.05, 0) is 30.3 Å². The summed E-state index contributed by atoms with van der Waals surface area (Å²) >= 11 is 0. The summed E-state index contributed by atoms with van der Waals surface area (Å²) in [6.07, 6.45) is 3.08. The van der Waals surface area contributed by atoms with Gasteiger partial charge in [-0.1, -0.05) is 18.2 Å². The maximum Gasteiger partial charge on any atom is 0.363 e. The van der Waals surface area contributed by atoms with Crippen LogP contribution in [-0.2, 0) is 9.53 Å². The highest BCUT2D eigenvalue weighted by molar-refractivity contribution is 6.12. The fourth-order valence-electron chi connectivity index (χ4n) is 2.67. The van der Waals surface area contributed by atoms with Crippen LogP contribution in [0.5, 0.6) is 11.5 Å². The van der Waals surface area contributed by atoms with Crippen molar-refractivity contribution in [1.82, 2.24) is 15.0 Å². The zero-order chi connectivity index (χ0) is 19.5. The zero-order valence-corrected chi connectivity index (χ0v) is 15.2. The first-order chi connectivity index (χ1) is 13.7. The molecule has 0 saturated heterocycles. The molecule has 0 fully saturated rings. The number of methoxy groups -OCH3 is 2. The summed E-state index contributed by atoms with van der Waals surface area (Å²) in [6.45, 7) is 0. The Kier molecular flexibility index (Phi) is 4.59. The highest BCUT2D eigenvalue weighted by atomic mass is 16.6. The van der Waals surface area contributed by atoms with Crippen LogP contribution in [0.15, 0.2) is 65.4 Å². The molecule has 0 saturated carbocycles. The first-order valence-electron chi connectivity index (χ1n) is 8.40. The number of nitrogens with zero attached hydrogens (tertiary/aromatic N) is 4. The monoisotopic (exact) mass is 376 g/mol. The molecule has 0 aliphatic carbocycles. The van der Waals surface area contributed by atoms with E-state index in [0.717, 1.165) is 5.69 Å². The van der Waals surface area contributed by atoms with Crippen molar-refractivity contribution in [2.45, 2.75) is 0 Å². The minimum absolute atomic E-state index is 0.143. The molecule has 0 N–H and O–H groups in total. The van der Waals surface area contributed by atoms with Gasteiger partial charge in [-0.3, -0.25) is 0 Å². The Morgan fingerprint density at radius 2 is 1.82 bits per heavy atom. The summed E-state index contributed by atoms with van der Waals surface area (Å²) in [5, 5.41) is 8.54. The molecule has 1 aliphatic rings. The van der Waals surface area contributed by atoms with E-state index in [0.29, 0.717) is 22.8 Å². The SMILES string of the molecule is COc1ccc(C2=NC(=Cc3cnn(-c4ccccc4)n3)C(=O)O2)cc1OC. The topological polar surface area (TPSA) is 87.8 Å². The van der Waals surface area contributed by atoms with Crippen molar-refractivity contribution in [2.24, 2.45) is 4.99 Å². The van der Waals surface area contributed by atoms with Gasteiger partial charge in [-0.15, -0.1) is 5.10 Å². The van der Waals surface area contributed by atoms with Gasteiger partial charge in [-0.2, -0.15) is 9.90 Å². The Morgan fingerprint density at radius 1 is 1.04 bits per heavy atom. The van der Waals surface area contributed by atoms with Gasteiger partial charge in [0.25, 0.3) is 0 Å². The Bertz CT molecular complexity index is 1090. The number of hydrogen-bond acceptors (Lipinski definition) is 7. The quantitative estimate of drug-likeness (QED) is 0.502. The number of aromatic nitrogens is 3. The molecule has 1 aromatic heterocycles. The Morgan fingerprint density at radius 3 is 2.57 bits per heavy atom. The largest absolute Gasteiger partial charge is 0.493 e. The number of ether oxygens (including phenoxy) is 3. The molecule has 0 amide bonds. The molecule has 2 aromatic carbocycles. The Hall–Kier alpha value is -3.94. The van der Waals surface area contributed by atoms with Crippen LogP contribution in [0, 0.1) is 0 Å². The lowest BCUT2D eigenvalue weighted by Gasteiger charge is -2.08. The summed E-state index contributed by atoms with van der Waals surface area (Å²) in [6, 6.07) is 14.6. The van der Waals surface area contributed by atoms with E-state index in [2.05, 4.69) is 15.2 Å². The fraction of sp³-hybridized carbons (Fsp3) is 0.100. The molecule has 3 aromatic rings. The smallest absolute Gasteiger partial charge is 0.363 e. The van der Waals surface area contributed by atoms with Gasteiger partial charge in [0.15, 0.2) is 17.2 Å². The maximum atomic E-state index is 12.2. The molecular weight excluding hydrogens is 360 g/mol. The highest BCUT2D eigenvalue weighted by Gasteiger charge is 2.25. The number of rotatable bonds is 5. The molecule has 140 valence electrons. The summed E-state index contributed by atoms with van der Waals surface area (Å²) in [5.74, 6) is 0.721. The predicted molar refractivity (Wildman–Crippen MR) is 102 cm³/mol. The van der Waals surface area contributed by atoms with Crippen molar-refractivity contribution < 1.29 is 19.0 Å². The lowest BCUT2D eigenvalue weighted by Crippen LogP contribution is -2.06. The molecule has 28 heavy (non-hydrogen) atoms. The minimum atomic E-state index is -0.556. The van der Waals surface area contributed by atoms with Gasteiger partial charge < -0.3 is 14.2 Å². The second kappa shape index (κ2) is 7.36. The normalized spacial score (nSPS) is 14.7. The summed E-state index contributed by atoms with van der Waals surface area (Å²) < 4.78 is 15.8. The van der Waals surface area contributed by atoms with E-state index < -0.39 is 5.97 Å². The van der Waals surface area contributed by atoms with E-state index in [-0.39, 0.29) is 11.6 Å². The number of carbonyl (C=O) groups is 1. The number of carbonyl (C=O) groups excluding carboxylic acids is 1. The number of aliphatic imine (C=N–C) groups is 1. The summed E-state index contributed by atoms with van der Waals surface area (Å²) in [4.78, 5) is 18.0. The molecule has 2 heterocycles. The summed E-state index contributed by atoms with van der Waals surface area (Å²) in [5.41, 5.74) is 2.05. The molecule has 4 rings (SSSR count). The second-order valence-electron chi connectivity index (χ2n) is 5.80. The molecule has 8 nitrogen and oxygen atoms in total. The Balaban J connectivity index is 1.62. The van der Waals surface area contributed by atoms with E-state index in [1.807, 2.05) is 30.3 Å². The van der Waals surface area contributed by atoms with E-state index in [1.54, 1.807) is 31.5 Å². The van der Waals surface area contributed by atoms with Gasteiger partial charge in [0, 0.05) is 11.6 Å². The average molecular weight is 376 g/mol. The number of esters is 1. The third kappa shape index (κ3) is 3.35. The van der Waals surface area contributed by atoms with Crippen LogP contribution in [0.2, 0.25) is 0 Å². The number of para-hydroxylation sites is 1. The van der Waals surface area contributed by atoms with Crippen molar-refractivity contribution in [3.8, 4) is 17.2 Å². The van der Waals surface area contributed by atoms with E-state index >= 15 is 0 Å². The highest BCUT2D eigenvalue weighted by Crippen LogP contribution is 2.29. The second-order valence-corrected chi connectivity index (χ2v) is 5.80. The first kappa shape index (κ1) is 17.5. The third-order valence-electron chi connectivity index (χ3n) is 4.03.